The van der Waals surface area contributed by atoms with Crippen molar-refractivity contribution >= 4 is 0 Å². The Hall–Kier alpha value is -0.160. The summed E-state index contributed by atoms with van der Waals surface area (Å²) in [4.78, 5) is 2.23. The lowest BCUT2D eigenvalue weighted by Gasteiger charge is -2.37. The molecule has 0 aromatic rings. The second-order valence-electron chi connectivity index (χ2n) is 4.30. The molecule has 3 N–H and O–H groups in total. The summed E-state index contributed by atoms with van der Waals surface area (Å²) in [6, 6.07) is 0. The minimum absolute atomic E-state index is 0.156. The summed E-state index contributed by atoms with van der Waals surface area (Å²) in [6.07, 6.45) is 0.954. The van der Waals surface area contributed by atoms with E-state index in [0.717, 1.165) is 26.1 Å². The van der Waals surface area contributed by atoms with Crippen molar-refractivity contribution in [1.29, 1.82) is 0 Å². The third kappa shape index (κ3) is 6.10. The fourth-order valence-electron chi connectivity index (χ4n) is 1.42. The molecule has 0 bridgehead atoms. The maximum absolute atomic E-state index is 9.31. The molecule has 0 aliphatic carbocycles. The van der Waals surface area contributed by atoms with Crippen LogP contribution in [0.2, 0.25) is 0 Å². The van der Waals surface area contributed by atoms with Crippen LogP contribution >= 0.6 is 0 Å². The number of nitrogens with zero attached hydrogens (tertiary/aromatic N) is 1. The van der Waals surface area contributed by atoms with Gasteiger partial charge in [-0.2, -0.15) is 0 Å². The third-order valence-electron chi connectivity index (χ3n) is 2.58. The summed E-state index contributed by atoms with van der Waals surface area (Å²) in [5.74, 6) is 0. The van der Waals surface area contributed by atoms with Crippen molar-refractivity contribution < 1.29 is 9.84 Å². The molecule has 4 heteroatoms. The van der Waals surface area contributed by atoms with Gasteiger partial charge in [-0.25, -0.2) is 0 Å². The van der Waals surface area contributed by atoms with E-state index in [9.17, 15) is 5.11 Å². The zero-order chi connectivity index (χ0) is 11.7. The fraction of sp³-hybridized carbons (Fsp3) is 1.00. The third-order valence-corrected chi connectivity index (χ3v) is 2.58. The first-order valence-electron chi connectivity index (χ1n) is 5.72. The van der Waals surface area contributed by atoms with Gasteiger partial charge < -0.3 is 15.6 Å². The maximum atomic E-state index is 9.31. The molecule has 0 unspecified atom stereocenters. The molecular weight excluding hydrogens is 192 g/mol. The van der Waals surface area contributed by atoms with Crippen molar-refractivity contribution in [3.05, 3.63) is 0 Å². The van der Waals surface area contributed by atoms with Gasteiger partial charge in [0.15, 0.2) is 0 Å². The predicted octanol–water partition coefficient (Wildman–Crippen LogP) is 0.445. The average Bonchev–Trinajstić information content (AvgIpc) is 2.23. The average molecular weight is 218 g/mol. The molecule has 15 heavy (non-hydrogen) atoms. The van der Waals surface area contributed by atoms with Crippen molar-refractivity contribution in [2.75, 3.05) is 39.5 Å². The van der Waals surface area contributed by atoms with Gasteiger partial charge in [0.1, 0.15) is 0 Å². The monoisotopic (exact) mass is 218 g/mol. The van der Waals surface area contributed by atoms with E-state index >= 15 is 0 Å². The van der Waals surface area contributed by atoms with Gasteiger partial charge in [-0.05, 0) is 33.7 Å². The normalized spacial score (nSPS) is 12.4. The minimum Gasteiger partial charge on any atom is -0.394 e. The Morgan fingerprint density at radius 3 is 2.47 bits per heavy atom. The van der Waals surface area contributed by atoms with Crippen molar-refractivity contribution in [2.24, 2.45) is 5.73 Å². The standard InChI is InChI=1S/C11H26N2O2/c1-4-15-9-8-13(7-5-6-12)11(2,3)10-14/h14H,4-10,12H2,1-3H3. The fourth-order valence-corrected chi connectivity index (χ4v) is 1.42. The summed E-state index contributed by atoms with van der Waals surface area (Å²) < 4.78 is 5.33. The second kappa shape index (κ2) is 8.05. The molecule has 0 aliphatic heterocycles. The first-order valence-corrected chi connectivity index (χ1v) is 5.72. The van der Waals surface area contributed by atoms with Gasteiger partial charge >= 0.3 is 0 Å². The number of nitrogens with two attached hydrogens (primary N) is 1. The van der Waals surface area contributed by atoms with Crippen LogP contribution in [0.25, 0.3) is 0 Å². The van der Waals surface area contributed by atoms with E-state index in [1.54, 1.807) is 0 Å². The molecule has 0 spiro atoms. The van der Waals surface area contributed by atoms with Crippen molar-refractivity contribution in [1.82, 2.24) is 4.90 Å². The van der Waals surface area contributed by atoms with E-state index in [-0.39, 0.29) is 12.1 Å². The molecular formula is C11H26N2O2. The highest BCUT2D eigenvalue weighted by Crippen LogP contribution is 2.13. The maximum Gasteiger partial charge on any atom is 0.0610 e. The number of hydrogen-bond donors (Lipinski definition) is 2. The van der Waals surface area contributed by atoms with E-state index in [0.29, 0.717) is 13.2 Å². The molecule has 0 aromatic carbocycles. The SMILES string of the molecule is CCOCCN(CCCN)C(C)(C)CO. The molecule has 4 nitrogen and oxygen atoms in total. The van der Waals surface area contributed by atoms with Crippen LogP contribution in [0.3, 0.4) is 0 Å². The van der Waals surface area contributed by atoms with Crippen LogP contribution < -0.4 is 5.73 Å². The van der Waals surface area contributed by atoms with Gasteiger partial charge in [0.2, 0.25) is 0 Å². The summed E-state index contributed by atoms with van der Waals surface area (Å²) in [6.45, 7) is 10.1. The molecule has 92 valence electrons. The van der Waals surface area contributed by atoms with Gasteiger partial charge in [0, 0.05) is 25.2 Å². The molecule has 0 aromatic heterocycles. The van der Waals surface area contributed by atoms with Crippen LogP contribution in [0.5, 0.6) is 0 Å². The second-order valence-corrected chi connectivity index (χ2v) is 4.30. The number of hydrogen-bond acceptors (Lipinski definition) is 4. The molecule has 0 rings (SSSR count). The minimum atomic E-state index is -0.188. The number of rotatable bonds is 9. The Labute approximate surface area is 93.4 Å². The summed E-state index contributed by atoms with van der Waals surface area (Å²) in [7, 11) is 0. The topological polar surface area (TPSA) is 58.7 Å². The first-order chi connectivity index (χ1) is 7.08. The lowest BCUT2D eigenvalue weighted by Crippen LogP contribution is -2.49. The van der Waals surface area contributed by atoms with E-state index in [4.69, 9.17) is 10.5 Å². The zero-order valence-corrected chi connectivity index (χ0v) is 10.3. The van der Waals surface area contributed by atoms with Crippen molar-refractivity contribution in [2.45, 2.75) is 32.7 Å². The highest BCUT2D eigenvalue weighted by Gasteiger charge is 2.24. The van der Waals surface area contributed by atoms with E-state index in [2.05, 4.69) is 4.90 Å². The van der Waals surface area contributed by atoms with Crippen LogP contribution in [-0.2, 0) is 4.74 Å². The molecule has 0 aliphatic rings. The Balaban J connectivity index is 4.05. The van der Waals surface area contributed by atoms with Crippen molar-refractivity contribution in [3.63, 3.8) is 0 Å². The van der Waals surface area contributed by atoms with Crippen LogP contribution in [-0.4, -0.2) is 55.0 Å². The Morgan fingerprint density at radius 2 is 2.00 bits per heavy atom. The summed E-state index contributed by atoms with van der Waals surface area (Å²) >= 11 is 0. The smallest absolute Gasteiger partial charge is 0.0610 e. The van der Waals surface area contributed by atoms with E-state index in [1.807, 2.05) is 20.8 Å². The van der Waals surface area contributed by atoms with Crippen LogP contribution in [0.15, 0.2) is 0 Å². The first kappa shape index (κ1) is 14.8. The predicted molar refractivity (Wildman–Crippen MR) is 62.9 cm³/mol. The highest BCUT2D eigenvalue weighted by atomic mass is 16.5. The van der Waals surface area contributed by atoms with Gasteiger partial charge in [0.05, 0.1) is 13.2 Å². The zero-order valence-electron chi connectivity index (χ0n) is 10.3. The lowest BCUT2D eigenvalue weighted by molar-refractivity contribution is 0.0280. The summed E-state index contributed by atoms with van der Waals surface area (Å²) in [5, 5.41) is 9.31. The van der Waals surface area contributed by atoms with E-state index < -0.39 is 0 Å². The number of aliphatic hydroxyl groups is 1. The Kier molecular flexibility index (Phi) is 7.96. The molecule has 0 saturated heterocycles. The summed E-state index contributed by atoms with van der Waals surface area (Å²) in [5.41, 5.74) is 5.31. The molecule has 0 heterocycles. The highest BCUT2D eigenvalue weighted by molar-refractivity contribution is 4.80. The molecule has 0 atom stereocenters. The number of ether oxygens (including phenoxy) is 1. The van der Waals surface area contributed by atoms with Crippen LogP contribution in [0, 0.1) is 0 Å². The largest absolute Gasteiger partial charge is 0.394 e. The quantitative estimate of drug-likeness (QED) is 0.552. The van der Waals surface area contributed by atoms with Gasteiger partial charge in [0.25, 0.3) is 0 Å². The number of aliphatic hydroxyl groups excluding tert-OH is 1. The molecule has 0 amide bonds. The lowest BCUT2D eigenvalue weighted by atomic mass is 10.0. The molecule has 0 radical (unpaired) electrons. The molecule has 0 fully saturated rings. The Bertz CT molecular complexity index is 152. The van der Waals surface area contributed by atoms with Gasteiger partial charge in [-0.1, -0.05) is 0 Å². The van der Waals surface area contributed by atoms with Crippen LogP contribution in [0.1, 0.15) is 27.2 Å². The Morgan fingerprint density at radius 1 is 1.33 bits per heavy atom. The van der Waals surface area contributed by atoms with Gasteiger partial charge in [-0.15, -0.1) is 0 Å². The van der Waals surface area contributed by atoms with Gasteiger partial charge in [-0.3, -0.25) is 4.90 Å². The van der Waals surface area contributed by atoms with Crippen molar-refractivity contribution in [3.8, 4) is 0 Å². The molecule has 0 saturated carbocycles. The van der Waals surface area contributed by atoms with E-state index in [1.165, 1.54) is 0 Å². The van der Waals surface area contributed by atoms with Crippen LogP contribution in [0.4, 0.5) is 0 Å².